The van der Waals surface area contributed by atoms with Crippen molar-refractivity contribution in [3.63, 3.8) is 0 Å². The maximum atomic E-state index is 13.1. The first-order chi connectivity index (χ1) is 15.7. The number of hydrogen-bond donors (Lipinski definition) is 0. The maximum absolute atomic E-state index is 13.1. The number of esters is 1. The van der Waals surface area contributed by atoms with Crippen molar-refractivity contribution >= 4 is 33.3 Å². The van der Waals surface area contributed by atoms with E-state index >= 15 is 0 Å². The Morgan fingerprint density at radius 3 is 2.53 bits per heavy atom. The molecule has 32 heavy (non-hydrogen) atoms. The minimum absolute atomic E-state index is 0.302. The predicted molar refractivity (Wildman–Crippen MR) is 125 cm³/mol. The van der Waals surface area contributed by atoms with Crippen LogP contribution in [0.2, 0.25) is 0 Å². The zero-order valence-electron chi connectivity index (χ0n) is 18.1. The molecule has 0 aliphatic heterocycles. The fourth-order valence-electron chi connectivity index (χ4n) is 4.25. The molecule has 5 rings (SSSR count). The van der Waals surface area contributed by atoms with Gasteiger partial charge < -0.3 is 18.6 Å². The number of aromatic nitrogens is 2. The molecule has 0 atom stereocenters. The summed E-state index contributed by atoms with van der Waals surface area (Å²) in [6, 6.07) is 19.3. The Morgan fingerprint density at radius 2 is 1.75 bits per heavy atom. The van der Waals surface area contributed by atoms with Gasteiger partial charge >= 0.3 is 5.97 Å². The molecule has 0 aliphatic rings. The first-order valence-corrected chi connectivity index (χ1v) is 10.4. The second-order valence-corrected chi connectivity index (χ2v) is 7.32. The number of pyridine rings is 2. The van der Waals surface area contributed by atoms with Crippen molar-refractivity contribution in [2.45, 2.75) is 6.92 Å². The monoisotopic (exact) mass is 426 g/mol. The van der Waals surface area contributed by atoms with Crippen LogP contribution in [0.3, 0.4) is 0 Å². The lowest BCUT2D eigenvalue weighted by Crippen LogP contribution is -2.04. The Labute approximate surface area is 185 Å². The van der Waals surface area contributed by atoms with E-state index < -0.39 is 0 Å². The van der Waals surface area contributed by atoms with Gasteiger partial charge in [-0.1, -0.05) is 24.3 Å². The van der Waals surface area contributed by atoms with E-state index in [0.717, 1.165) is 38.6 Å². The molecule has 0 radical (unpaired) electrons. The van der Waals surface area contributed by atoms with Crippen LogP contribution < -0.4 is 9.47 Å². The fourth-order valence-corrected chi connectivity index (χ4v) is 4.25. The van der Waals surface area contributed by atoms with Crippen molar-refractivity contribution in [3.05, 3.63) is 72.4 Å². The molecule has 0 amide bonds. The smallest absolute Gasteiger partial charge is 0.340 e. The van der Waals surface area contributed by atoms with Crippen LogP contribution >= 0.6 is 0 Å². The lowest BCUT2D eigenvalue weighted by molar-refractivity contribution is 0.0531. The summed E-state index contributed by atoms with van der Waals surface area (Å²) in [7, 11) is 3.22. The molecule has 0 N–H and O–H groups in total. The topological polar surface area (TPSA) is 62.1 Å². The quantitative estimate of drug-likeness (QED) is 0.347. The summed E-state index contributed by atoms with van der Waals surface area (Å²) in [5.41, 5.74) is 4.57. The molecular formula is C26H22N2O4. The number of carbonyl (C=O) groups excluding carboxylic acids is 1. The SMILES string of the molecule is CCOC(=O)c1c2c3ccccc3nc(-c3ccc(OC)c(OC)c3)c2n2ccccc12. The van der Waals surface area contributed by atoms with E-state index in [1.807, 2.05) is 78.2 Å². The van der Waals surface area contributed by atoms with Gasteiger partial charge in [0.2, 0.25) is 0 Å². The first-order valence-electron chi connectivity index (χ1n) is 10.4. The highest BCUT2D eigenvalue weighted by Gasteiger charge is 2.25. The number of nitrogens with zero attached hydrogens (tertiary/aromatic N) is 2. The van der Waals surface area contributed by atoms with Gasteiger partial charge in [-0.25, -0.2) is 9.78 Å². The van der Waals surface area contributed by atoms with Gasteiger partial charge in [0, 0.05) is 22.5 Å². The molecule has 0 spiro atoms. The van der Waals surface area contributed by atoms with E-state index in [2.05, 4.69) is 0 Å². The summed E-state index contributed by atoms with van der Waals surface area (Å²) in [5, 5.41) is 1.73. The third-order valence-corrected chi connectivity index (χ3v) is 5.61. The molecule has 0 saturated carbocycles. The standard InChI is InChI=1S/C26H22N2O4/c1-4-32-26(29)23-19-11-7-8-14-28(19)25-22(23)17-9-5-6-10-18(17)27-24(25)16-12-13-20(30-2)21(15-16)31-3/h5-15H,4H2,1-3H3. The van der Waals surface area contributed by atoms with Crippen LogP contribution in [0, 0.1) is 0 Å². The number of fused-ring (bicyclic) bond motifs is 5. The van der Waals surface area contributed by atoms with Gasteiger partial charge in [-0.15, -0.1) is 0 Å². The zero-order chi connectivity index (χ0) is 22.2. The summed E-state index contributed by atoms with van der Waals surface area (Å²) in [5.74, 6) is 0.904. The molecule has 0 aliphatic carbocycles. The van der Waals surface area contributed by atoms with Crippen molar-refractivity contribution < 1.29 is 19.0 Å². The first kappa shape index (κ1) is 19.9. The molecular weight excluding hydrogens is 404 g/mol. The molecule has 160 valence electrons. The van der Waals surface area contributed by atoms with E-state index in [4.69, 9.17) is 19.2 Å². The summed E-state index contributed by atoms with van der Waals surface area (Å²) in [6.45, 7) is 2.11. The Morgan fingerprint density at radius 1 is 0.969 bits per heavy atom. The number of ether oxygens (including phenoxy) is 3. The number of rotatable bonds is 5. The Kier molecular flexibility index (Phi) is 4.90. The van der Waals surface area contributed by atoms with Gasteiger partial charge in [-0.3, -0.25) is 0 Å². The van der Waals surface area contributed by atoms with Gasteiger partial charge in [-0.2, -0.15) is 0 Å². The van der Waals surface area contributed by atoms with Gasteiger partial charge in [0.25, 0.3) is 0 Å². The van der Waals surface area contributed by atoms with Crippen molar-refractivity contribution in [2.24, 2.45) is 0 Å². The van der Waals surface area contributed by atoms with Crippen molar-refractivity contribution in [1.29, 1.82) is 0 Å². The van der Waals surface area contributed by atoms with Crippen LogP contribution in [0.15, 0.2) is 66.9 Å². The van der Waals surface area contributed by atoms with Gasteiger partial charge in [-0.05, 0) is 43.3 Å². The van der Waals surface area contributed by atoms with Crippen molar-refractivity contribution in [1.82, 2.24) is 9.38 Å². The second kappa shape index (κ2) is 7.89. The third-order valence-electron chi connectivity index (χ3n) is 5.61. The minimum Gasteiger partial charge on any atom is -0.493 e. The van der Waals surface area contributed by atoms with Crippen molar-refractivity contribution in [2.75, 3.05) is 20.8 Å². The molecule has 3 heterocycles. The van der Waals surface area contributed by atoms with E-state index in [-0.39, 0.29) is 5.97 Å². The van der Waals surface area contributed by atoms with Crippen molar-refractivity contribution in [3.8, 4) is 22.8 Å². The van der Waals surface area contributed by atoms with Crippen LogP contribution in [0.4, 0.5) is 0 Å². The molecule has 0 bridgehead atoms. The molecule has 0 fully saturated rings. The highest BCUT2D eigenvalue weighted by molar-refractivity contribution is 6.22. The predicted octanol–water partition coefficient (Wildman–Crippen LogP) is 5.50. The van der Waals surface area contributed by atoms with Crippen LogP contribution in [0.1, 0.15) is 17.3 Å². The highest BCUT2D eigenvalue weighted by Crippen LogP contribution is 2.40. The van der Waals surface area contributed by atoms with Crippen LogP contribution in [0.5, 0.6) is 11.5 Å². The number of hydrogen-bond acceptors (Lipinski definition) is 5. The molecule has 0 saturated heterocycles. The minimum atomic E-state index is -0.346. The van der Waals surface area contributed by atoms with Crippen LogP contribution in [-0.4, -0.2) is 36.2 Å². The van der Waals surface area contributed by atoms with E-state index in [0.29, 0.717) is 23.7 Å². The molecule has 6 nitrogen and oxygen atoms in total. The number of carbonyl (C=O) groups is 1. The molecule has 0 unspecified atom stereocenters. The number of benzene rings is 2. The van der Waals surface area contributed by atoms with E-state index in [9.17, 15) is 4.79 Å². The Hall–Kier alpha value is -4.06. The van der Waals surface area contributed by atoms with Gasteiger partial charge in [0.05, 0.1) is 48.6 Å². The summed E-state index contributed by atoms with van der Waals surface area (Å²) < 4.78 is 18.4. The summed E-state index contributed by atoms with van der Waals surface area (Å²) in [6.07, 6.45) is 1.95. The second-order valence-electron chi connectivity index (χ2n) is 7.32. The third kappa shape index (κ3) is 2.95. The average Bonchev–Trinajstić information content (AvgIpc) is 3.19. The molecule has 5 aromatic rings. The molecule has 2 aromatic carbocycles. The Bertz CT molecular complexity index is 1490. The maximum Gasteiger partial charge on any atom is 0.340 e. The Balaban J connectivity index is 1.97. The van der Waals surface area contributed by atoms with Gasteiger partial charge in [0.1, 0.15) is 0 Å². The fraction of sp³-hybridized carbons (Fsp3) is 0.154. The van der Waals surface area contributed by atoms with E-state index in [1.54, 1.807) is 14.2 Å². The average molecular weight is 426 g/mol. The summed E-state index contributed by atoms with van der Waals surface area (Å²) >= 11 is 0. The zero-order valence-corrected chi connectivity index (χ0v) is 18.1. The van der Waals surface area contributed by atoms with Crippen LogP contribution in [-0.2, 0) is 4.74 Å². The normalized spacial score (nSPS) is 11.2. The number of para-hydroxylation sites is 1. The van der Waals surface area contributed by atoms with E-state index in [1.165, 1.54) is 0 Å². The van der Waals surface area contributed by atoms with Crippen LogP contribution in [0.25, 0.3) is 38.6 Å². The summed E-state index contributed by atoms with van der Waals surface area (Å²) in [4.78, 5) is 18.1. The molecule has 6 heteroatoms. The van der Waals surface area contributed by atoms with Gasteiger partial charge in [0.15, 0.2) is 11.5 Å². The lowest BCUT2D eigenvalue weighted by Gasteiger charge is -2.12. The molecule has 3 aromatic heterocycles. The number of methoxy groups -OCH3 is 2. The lowest BCUT2D eigenvalue weighted by atomic mass is 10.0. The highest BCUT2D eigenvalue weighted by atomic mass is 16.5. The largest absolute Gasteiger partial charge is 0.493 e.